The summed E-state index contributed by atoms with van der Waals surface area (Å²) < 4.78 is 5.31. The summed E-state index contributed by atoms with van der Waals surface area (Å²) in [5.41, 5.74) is 5.34. The van der Waals surface area contributed by atoms with Gasteiger partial charge in [0, 0.05) is 12.8 Å². The molecule has 1 aromatic heterocycles. The number of hydrogen-bond acceptors (Lipinski definition) is 3. The summed E-state index contributed by atoms with van der Waals surface area (Å²) in [5, 5.41) is 8.54. The fraction of sp³-hybridized carbons (Fsp3) is 0.444. The predicted octanol–water partition coefficient (Wildman–Crippen LogP) is 0.796. The zero-order valence-electron chi connectivity index (χ0n) is 7.49. The summed E-state index contributed by atoms with van der Waals surface area (Å²) in [5.74, 6) is 0.480. The Morgan fingerprint density at radius 3 is 2.69 bits per heavy atom. The number of hydrogen-bond donors (Lipinski definition) is 2. The van der Waals surface area contributed by atoms with Crippen LogP contribution < -0.4 is 5.73 Å². The summed E-state index contributed by atoms with van der Waals surface area (Å²) in [6.45, 7) is 1.97. The number of aliphatic carboxylic acids is 1. The molecule has 1 rings (SSSR count). The third-order valence-corrected chi connectivity index (χ3v) is 1.80. The van der Waals surface area contributed by atoms with E-state index in [4.69, 9.17) is 15.3 Å². The second kappa shape index (κ2) is 4.09. The quantitative estimate of drug-likeness (QED) is 0.723. The lowest BCUT2D eigenvalue weighted by atomic mass is 10.2. The summed E-state index contributed by atoms with van der Waals surface area (Å²) >= 11 is 0. The first-order valence-corrected chi connectivity index (χ1v) is 4.19. The molecular formula is C9H13NO3. The van der Waals surface area contributed by atoms with Crippen molar-refractivity contribution >= 4 is 5.97 Å². The third-order valence-electron chi connectivity index (χ3n) is 1.80. The first kappa shape index (κ1) is 9.80. The molecule has 0 aliphatic heterocycles. The van der Waals surface area contributed by atoms with Crippen molar-refractivity contribution in [3.63, 3.8) is 0 Å². The van der Waals surface area contributed by atoms with Crippen molar-refractivity contribution in [2.45, 2.75) is 25.8 Å². The monoisotopic (exact) mass is 183 g/mol. The number of carboxylic acid groups (broad SMARTS) is 1. The van der Waals surface area contributed by atoms with Gasteiger partial charge in [-0.05, 0) is 12.1 Å². The summed E-state index contributed by atoms with van der Waals surface area (Å²) in [6.07, 6.45) is 1.05. The second-order valence-electron chi connectivity index (χ2n) is 2.87. The minimum atomic E-state index is -1.01. The van der Waals surface area contributed by atoms with Gasteiger partial charge in [-0.25, -0.2) is 0 Å². The minimum absolute atomic E-state index is 0.245. The van der Waals surface area contributed by atoms with Crippen LogP contribution in [-0.4, -0.2) is 17.1 Å². The average Bonchev–Trinajstić information content (AvgIpc) is 2.52. The lowest BCUT2D eigenvalue weighted by Gasteiger charge is -2.02. The van der Waals surface area contributed by atoms with Gasteiger partial charge in [0.2, 0.25) is 0 Å². The maximum Gasteiger partial charge on any atom is 0.320 e. The highest BCUT2D eigenvalue weighted by Gasteiger charge is 2.14. The van der Waals surface area contributed by atoms with Gasteiger partial charge in [0.1, 0.15) is 17.6 Å². The molecule has 1 aromatic rings. The molecule has 0 aromatic carbocycles. The van der Waals surface area contributed by atoms with E-state index in [-0.39, 0.29) is 6.42 Å². The van der Waals surface area contributed by atoms with Gasteiger partial charge in [-0.15, -0.1) is 0 Å². The molecule has 4 heteroatoms. The molecule has 72 valence electrons. The standard InChI is InChI=1S/C9H13NO3/c1-2-6-3-4-7(13-6)5-8(10)9(11)12/h3-4,8H,2,5,10H2,1H3,(H,11,12)/t8-/m0/s1. The molecule has 0 bridgehead atoms. The van der Waals surface area contributed by atoms with Gasteiger partial charge in [-0.3, -0.25) is 4.79 Å². The van der Waals surface area contributed by atoms with Crippen LogP contribution in [0.1, 0.15) is 18.4 Å². The van der Waals surface area contributed by atoms with Gasteiger partial charge in [0.05, 0.1) is 0 Å². The number of aryl methyl sites for hydroxylation is 1. The zero-order valence-corrected chi connectivity index (χ0v) is 7.49. The minimum Gasteiger partial charge on any atom is -0.480 e. The summed E-state index contributed by atoms with van der Waals surface area (Å²) in [7, 11) is 0. The first-order valence-electron chi connectivity index (χ1n) is 4.19. The van der Waals surface area contributed by atoms with Gasteiger partial charge in [0.15, 0.2) is 0 Å². The SMILES string of the molecule is CCc1ccc(C[C@H](N)C(=O)O)o1. The van der Waals surface area contributed by atoms with E-state index in [1.165, 1.54) is 0 Å². The van der Waals surface area contributed by atoms with E-state index >= 15 is 0 Å². The molecule has 0 spiro atoms. The van der Waals surface area contributed by atoms with Crippen LogP contribution in [0.5, 0.6) is 0 Å². The van der Waals surface area contributed by atoms with Crippen molar-refractivity contribution < 1.29 is 14.3 Å². The Kier molecular flexibility index (Phi) is 3.08. The Labute approximate surface area is 76.3 Å². The Morgan fingerprint density at radius 2 is 2.23 bits per heavy atom. The summed E-state index contributed by atoms with van der Waals surface area (Å²) in [6, 6.07) is 2.72. The topological polar surface area (TPSA) is 76.5 Å². The first-order chi connectivity index (χ1) is 6.13. The van der Waals surface area contributed by atoms with E-state index in [1.807, 2.05) is 13.0 Å². The average molecular weight is 183 g/mol. The lowest BCUT2D eigenvalue weighted by Crippen LogP contribution is -2.32. The van der Waals surface area contributed by atoms with Crippen LogP contribution in [0.15, 0.2) is 16.5 Å². The van der Waals surface area contributed by atoms with E-state index in [2.05, 4.69) is 0 Å². The highest BCUT2D eigenvalue weighted by Crippen LogP contribution is 2.09. The van der Waals surface area contributed by atoms with Crippen molar-refractivity contribution in [2.24, 2.45) is 5.73 Å². The molecule has 0 unspecified atom stereocenters. The number of furan rings is 1. The van der Waals surface area contributed by atoms with Crippen LogP contribution in [0, 0.1) is 0 Å². The van der Waals surface area contributed by atoms with E-state index in [1.54, 1.807) is 6.07 Å². The molecule has 4 nitrogen and oxygen atoms in total. The number of carboxylic acids is 1. The van der Waals surface area contributed by atoms with Crippen LogP contribution >= 0.6 is 0 Å². The Bertz CT molecular complexity index is 293. The Balaban J connectivity index is 2.58. The lowest BCUT2D eigenvalue weighted by molar-refractivity contribution is -0.138. The second-order valence-corrected chi connectivity index (χ2v) is 2.87. The summed E-state index contributed by atoms with van der Waals surface area (Å²) in [4.78, 5) is 10.4. The van der Waals surface area contributed by atoms with Crippen molar-refractivity contribution in [2.75, 3.05) is 0 Å². The van der Waals surface area contributed by atoms with Gasteiger partial charge < -0.3 is 15.3 Å². The highest BCUT2D eigenvalue weighted by molar-refractivity contribution is 5.73. The highest BCUT2D eigenvalue weighted by atomic mass is 16.4. The number of nitrogens with two attached hydrogens (primary N) is 1. The molecule has 1 heterocycles. The normalized spacial score (nSPS) is 12.8. The van der Waals surface area contributed by atoms with Crippen LogP contribution in [0.2, 0.25) is 0 Å². The van der Waals surface area contributed by atoms with Gasteiger partial charge in [-0.2, -0.15) is 0 Å². The fourth-order valence-corrected chi connectivity index (χ4v) is 1.03. The van der Waals surface area contributed by atoms with E-state index < -0.39 is 12.0 Å². The molecule has 1 atom stereocenters. The van der Waals surface area contributed by atoms with Crippen LogP contribution in [0.25, 0.3) is 0 Å². The predicted molar refractivity (Wildman–Crippen MR) is 47.4 cm³/mol. The molecule has 0 radical (unpaired) electrons. The van der Waals surface area contributed by atoms with Crippen molar-refractivity contribution in [3.05, 3.63) is 23.7 Å². The maximum atomic E-state index is 10.4. The van der Waals surface area contributed by atoms with Gasteiger partial charge in [0.25, 0.3) is 0 Å². The van der Waals surface area contributed by atoms with E-state index in [0.29, 0.717) is 5.76 Å². The number of carbonyl (C=O) groups is 1. The van der Waals surface area contributed by atoms with Crippen LogP contribution in [0.4, 0.5) is 0 Å². The van der Waals surface area contributed by atoms with Crippen molar-refractivity contribution in [1.29, 1.82) is 0 Å². The largest absolute Gasteiger partial charge is 0.480 e. The Hall–Kier alpha value is -1.29. The van der Waals surface area contributed by atoms with Crippen molar-refractivity contribution in [1.82, 2.24) is 0 Å². The Morgan fingerprint density at radius 1 is 1.62 bits per heavy atom. The van der Waals surface area contributed by atoms with Gasteiger partial charge >= 0.3 is 5.97 Å². The van der Waals surface area contributed by atoms with E-state index in [9.17, 15) is 4.79 Å². The maximum absolute atomic E-state index is 10.4. The molecule has 0 aliphatic carbocycles. The zero-order chi connectivity index (χ0) is 9.84. The smallest absolute Gasteiger partial charge is 0.320 e. The molecule has 0 fully saturated rings. The van der Waals surface area contributed by atoms with Crippen LogP contribution in [-0.2, 0) is 17.6 Å². The molecule has 0 saturated carbocycles. The number of rotatable bonds is 4. The third kappa shape index (κ3) is 2.59. The molecular weight excluding hydrogens is 170 g/mol. The molecule has 13 heavy (non-hydrogen) atoms. The van der Waals surface area contributed by atoms with Crippen molar-refractivity contribution in [3.8, 4) is 0 Å². The van der Waals surface area contributed by atoms with E-state index in [0.717, 1.165) is 12.2 Å². The van der Waals surface area contributed by atoms with Gasteiger partial charge in [-0.1, -0.05) is 6.92 Å². The molecule has 0 saturated heterocycles. The fourth-order valence-electron chi connectivity index (χ4n) is 1.03. The molecule has 0 aliphatic rings. The molecule has 3 N–H and O–H groups in total. The van der Waals surface area contributed by atoms with Crippen LogP contribution in [0.3, 0.4) is 0 Å². The molecule has 0 amide bonds.